The summed E-state index contributed by atoms with van der Waals surface area (Å²) in [5, 5.41) is 0.762. The quantitative estimate of drug-likeness (QED) is 0.409. The summed E-state index contributed by atoms with van der Waals surface area (Å²) in [6, 6.07) is 10.4. The van der Waals surface area contributed by atoms with Gasteiger partial charge in [-0.05, 0) is 77.2 Å². The smallest absolute Gasteiger partial charge is 0.233 e. The number of aryl methyl sites for hydroxylation is 1. The summed E-state index contributed by atoms with van der Waals surface area (Å²) in [6.45, 7) is 6.67. The zero-order valence-corrected chi connectivity index (χ0v) is 22.0. The van der Waals surface area contributed by atoms with Gasteiger partial charge in [0.2, 0.25) is 5.91 Å². The lowest BCUT2D eigenvalue weighted by molar-refractivity contribution is -0.118. The van der Waals surface area contributed by atoms with Crippen molar-refractivity contribution in [3.05, 3.63) is 52.5 Å². The second kappa shape index (κ2) is 10.5. The molecule has 9 heteroatoms. The maximum absolute atomic E-state index is 13.4. The molecule has 0 unspecified atom stereocenters. The second-order valence-corrected chi connectivity index (χ2v) is 12.5. The Morgan fingerprint density at radius 1 is 1.09 bits per heavy atom. The van der Waals surface area contributed by atoms with Crippen LogP contribution in [-0.4, -0.2) is 56.6 Å². The topological polar surface area (TPSA) is 70.6 Å². The van der Waals surface area contributed by atoms with Crippen LogP contribution in [0.1, 0.15) is 31.4 Å². The number of carbonyl (C=O) groups is 1. The number of hydrogen-bond donors (Lipinski definition) is 0. The summed E-state index contributed by atoms with van der Waals surface area (Å²) in [4.78, 5) is 22.2. The summed E-state index contributed by atoms with van der Waals surface area (Å²) >= 11 is 7.81. The van der Waals surface area contributed by atoms with E-state index in [9.17, 15) is 13.2 Å². The first kappa shape index (κ1) is 25.6. The van der Waals surface area contributed by atoms with Gasteiger partial charge in [0.1, 0.15) is 0 Å². The molecule has 178 valence electrons. The maximum atomic E-state index is 13.4. The van der Waals surface area contributed by atoms with E-state index in [0.717, 1.165) is 34.3 Å². The fourth-order valence-corrected chi connectivity index (χ4v) is 5.84. The summed E-state index contributed by atoms with van der Waals surface area (Å²) in [7, 11) is 0.654. The van der Waals surface area contributed by atoms with Gasteiger partial charge in [-0.25, -0.2) is 13.4 Å². The normalized spacial score (nSPS) is 12.1. The molecular weight excluding hydrogens is 478 g/mol. The Bertz CT molecular complexity index is 1200. The number of sulfone groups is 1. The average molecular weight is 508 g/mol. The molecule has 1 heterocycles. The Kier molecular flexibility index (Phi) is 8.16. The first-order valence-electron chi connectivity index (χ1n) is 10.8. The van der Waals surface area contributed by atoms with E-state index in [1.807, 2.05) is 33.2 Å². The lowest BCUT2D eigenvalue weighted by Crippen LogP contribution is -2.34. The summed E-state index contributed by atoms with van der Waals surface area (Å²) in [6.07, 6.45) is 0.958. The van der Waals surface area contributed by atoms with Gasteiger partial charge in [0.05, 0.1) is 31.8 Å². The Morgan fingerprint density at radius 2 is 1.76 bits per heavy atom. The summed E-state index contributed by atoms with van der Waals surface area (Å²) in [5.74, 6) is -0.0824. The predicted octanol–water partition coefficient (Wildman–Crippen LogP) is 4.97. The SMILES string of the molecule is Cc1ccc(Cl)c2sc(N(CCCN(C)C)C(=O)Cc3ccc(S(=O)(=O)C(C)C)cc3)nc12. The van der Waals surface area contributed by atoms with Crippen LogP contribution in [0.5, 0.6) is 0 Å². The van der Waals surface area contributed by atoms with Crippen molar-refractivity contribution in [2.75, 3.05) is 32.1 Å². The number of thiazole rings is 1. The fraction of sp³-hybridized carbons (Fsp3) is 0.417. The van der Waals surface area contributed by atoms with Gasteiger partial charge in [-0.15, -0.1) is 0 Å². The van der Waals surface area contributed by atoms with E-state index in [2.05, 4.69) is 4.90 Å². The molecule has 0 saturated carbocycles. The third-order valence-corrected chi connectivity index (χ3v) is 9.14. The number of nitrogens with zero attached hydrogens (tertiary/aromatic N) is 3. The molecule has 1 aromatic heterocycles. The number of aromatic nitrogens is 1. The van der Waals surface area contributed by atoms with Gasteiger partial charge in [-0.2, -0.15) is 0 Å². The molecule has 0 saturated heterocycles. The zero-order chi connectivity index (χ0) is 24.3. The van der Waals surface area contributed by atoms with Crippen molar-refractivity contribution in [2.24, 2.45) is 0 Å². The van der Waals surface area contributed by atoms with Gasteiger partial charge in [0.15, 0.2) is 15.0 Å². The number of amides is 1. The molecule has 0 atom stereocenters. The van der Waals surface area contributed by atoms with Crippen LogP contribution in [0.4, 0.5) is 5.13 Å². The Hall–Kier alpha value is -2.00. The highest BCUT2D eigenvalue weighted by Gasteiger charge is 2.22. The van der Waals surface area contributed by atoms with Crippen LogP contribution < -0.4 is 4.90 Å². The molecule has 0 aliphatic carbocycles. The highest BCUT2D eigenvalue weighted by molar-refractivity contribution is 7.92. The molecule has 0 aliphatic rings. The van der Waals surface area contributed by atoms with E-state index in [1.54, 1.807) is 43.0 Å². The molecule has 3 aromatic rings. The van der Waals surface area contributed by atoms with Crippen LogP contribution in [0.3, 0.4) is 0 Å². The van der Waals surface area contributed by atoms with Crippen LogP contribution in [0, 0.1) is 6.92 Å². The predicted molar refractivity (Wildman–Crippen MR) is 137 cm³/mol. The second-order valence-electron chi connectivity index (χ2n) is 8.66. The first-order chi connectivity index (χ1) is 15.5. The third-order valence-electron chi connectivity index (χ3n) is 5.43. The number of anilines is 1. The molecule has 0 spiro atoms. The van der Waals surface area contributed by atoms with Crippen molar-refractivity contribution in [3.8, 4) is 0 Å². The average Bonchev–Trinajstić information content (AvgIpc) is 3.20. The number of halogens is 1. The van der Waals surface area contributed by atoms with E-state index in [4.69, 9.17) is 16.6 Å². The summed E-state index contributed by atoms with van der Waals surface area (Å²) in [5.41, 5.74) is 2.59. The third kappa shape index (κ3) is 5.93. The van der Waals surface area contributed by atoms with Gasteiger partial charge >= 0.3 is 0 Å². The highest BCUT2D eigenvalue weighted by Crippen LogP contribution is 2.36. The van der Waals surface area contributed by atoms with Crippen molar-refractivity contribution >= 4 is 54.0 Å². The number of fused-ring (bicyclic) bond motifs is 1. The van der Waals surface area contributed by atoms with Crippen LogP contribution in [0.2, 0.25) is 5.02 Å². The molecule has 33 heavy (non-hydrogen) atoms. The monoisotopic (exact) mass is 507 g/mol. The Morgan fingerprint density at radius 3 is 2.33 bits per heavy atom. The van der Waals surface area contributed by atoms with Crippen molar-refractivity contribution in [3.63, 3.8) is 0 Å². The van der Waals surface area contributed by atoms with Crippen molar-refractivity contribution in [2.45, 2.75) is 43.8 Å². The van der Waals surface area contributed by atoms with E-state index >= 15 is 0 Å². The zero-order valence-electron chi connectivity index (χ0n) is 19.6. The van der Waals surface area contributed by atoms with Crippen LogP contribution in [-0.2, 0) is 21.1 Å². The Labute approximate surface area is 205 Å². The molecule has 0 fully saturated rings. The number of hydrogen-bond acceptors (Lipinski definition) is 6. The van der Waals surface area contributed by atoms with Crippen LogP contribution in [0.25, 0.3) is 10.2 Å². The van der Waals surface area contributed by atoms with Gasteiger partial charge < -0.3 is 4.90 Å². The molecular formula is C24H30ClN3O3S2. The molecule has 1 amide bonds. The number of carbonyl (C=O) groups excluding carboxylic acids is 1. The molecule has 0 radical (unpaired) electrons. The maximum Gasteiger partial charge on any atom is 0.233 e. The number of benzene rings is 2. The van der Waals surface area contributed by atoms with E-state index in [-0.39, 0.29) is 17.2 Å². The van der Waals surface area contributed by atoms with E-state index in [0.29, 0.717) is 16.7 Å². The van der Waals surface area contributed by atoms with Gasteiger partial charge in [0, 0.05) is 6.54 Å². The molecule has 3 rings (SSSR count). The molecule has 0 aliphatic heterocycles. The van der Waals surface area contributed by atoms with Crippen molar-refractivity contribution in [1.82, 2.24) is 9.88 Å². The molecule has 2 aromatic carbocycles. The minimum absolute atomic E-state index is 0.0824. The first-order valence-corrected chi connectivity index (χ1v) is 13.6. The van der Waals surface area contributed by atoms with Crippen molar-refractivity contribution < 1.29 is 13.2 Å². The molecule has 0 N–H and O–H groups in total. The summed E-state index contributed by atoms with van der Waals surface area (Å²) < 4.78 is 25.6. The van der Waals surface area contributed by atoms with Crippen LogP contribution >= 0.6 is 22.9 Å². The van der Waals surface area contributed by atoms with Gasteiger partial charge in [-0.3, -0.25) is 9.69 Å². The van der Waals surface area contributed by atoms with Crippen LogP contribution in [0.15, 0.2) is 41.3 Å². The van der Waals surface area contributed by atoms with E-state index < -0.39 is 15.1 Å². The van der Waals surface area contributed by atoms with Crippen molar-refractivity contribution in [1.29, 1.82) is 0 Å². The molecule has 6 nitrogen and oxygen atoms in total. The Balaban J connectivity index is 1.87. The van der Waals surface area contributed by atoms with Gasteiger partial charge in [0.25, 0.3) is 0 Å². The number of rotatable bonds is 9. The fourth-order valence-electron chi connectivity index (χ4n) is 3.42. The standard InChI is InChI=1S/C24H30ClN3O3S2/c1-16(2)33(30,31)19-10-8-18(9-11-19)15-21(29)28(14-6-13-27(4)5)24-26-22-17(3)7-12-20(25)23(22)32-24/h7-12,16H,6,13-15H2,1-5H3. The minimum atomic E-state index is -3.35. The van der Waals surface area contributed by atoms with Gasteiger partial charge in [-0.1, -0.05) is 41.1 Å². The molecule has 0 bridgehead atoms. The lowest BCUT2D eigenvalue weighted by Gasteiger charge is -2.21. The lowest BCUT2D eigenvalue weighted by atomic mass is 10.1. The highest BCUT2D eigenvalue weighted by atomic mass is 35.5. The largest absolute Gasteiger partial charge is 0.309 e. The minimum Gasteiger partial charge on any atom is -0.309 e. The van der Waals surface area contributed by atoms with E-state index in [1.165, 1.54) is 11.3 Å².